The maximum atomic E-state index is 11.4. The number of rotatable bonds is 7. The molecule has 1 atom stereocenters. The third kappa shape index (κ3) is 3.91. The maximum absolute atomic E-state index is 11.4. The quantitative estimate of drug-likeness (QED) is 0.584. The number of nitro benzene ring substituents is 1. The van der Waals surface area contributed by atoms with Crippen LogP contribution in [0.15, 0.2) is 12.1 Å². The highest BCUT2D eigenvalue weighted by atomic mass is 16.6. The molecule has 1 aromatic rings. The standard InChI is InChI=1S/C14H21N3O4/c1-9-8-12(10(2)7-11(9)17(19)20)21-6-5-14(3,16-4)13(15)18/h7-8,16H,5-6H2,1-4H3,(H2,15,18). The number of nitrogens with zero attached hydrogens (tertiary/aromatic N) is 1. The summed E-state index contributed by atoms with van der Waals surface area (Å²) in [6.45, 7) is 5.38. The molecular weight excluding hydrogens is 274 g/mol. The lowest BCUT2D eigenvalue weighted by Crippen LogP contribution is -2.52. The van der Waals surface area contributed by atoms with Crippen molar-refractivity contribution in [3.63, 3.8) is 0 Å². The van der Waals surface area contributed by atoms with Gasteiger partial charge in [0.15, 0.2) is 0 Å². The summed E-state index contributed by atoms with van der Waals surface area (Å²) in [6, 6.07) is 3.12. The first-order chi connectivity index (χ1) is 9.71. The normalized spacial score (nSPS) is 13.5. The van der Waals surface area contributed by atoms with E-state index in [1.54, 1.807) is 33.9 Å². The van der Waals surface area contributed by atoms with Gasteiger partial charge in [0, 0.05) is 18.1 Å². The van der Waals surface area contributed by atoms with E-state index in [-0.39, 0.29) is 12.3 Å². The molecule has 7 heteroatoms. The average Bonchev–Trinajstić information content (AvgIpc) is 2.41. The van der Waals surface area contributed by atoms with Gasteiger partial charge in [-0.1, -0.05) is 0 Å². The number of nitrogens with one attached hydrogen (secondary N) is 1. The van der Waals surface area contributed by atoms with Crippen LogP contribution in [0.2, 0.25) is 0 Å². The monoisotopic (exact) mass is 295 g/mol. The third-order valence-electron chi connectivity index (χ3n) is 3.65. The minimum absolute atomic E-state index is 0.0667. The van der Waals surface area contributed by atoms with E-state index in [9.17, 15) is 14.9 Å². The lowest BCUT2D eigenvalue weighted by molar-refractivity contribution is -0.385. The number of hydrogen-bond acceptors (Lipinski definition) is 5. The number of likely N-dealkylation sites (N-methyl/N-ethyl adjacent to an activating group) is 1. The Morgan fingerprint density at radius 2 is 2.05 bits per heavy atom. The second kappa shape index (κ2) is 6.53. The van der Waals surface area contributed by atoms with Gasteiger partial charge in [-0.3, -0.25) is 14.9 Å². The molecule has 0 radical (unpaired) electrons. The first-order valence-corrected chi connectivity index (χ1v) is 6.58. The number of carbonyl (C=O) groups is 1. The first-order valence-electron chi connectivity index (χ1n) is 6.58. The van der Waals surface area contributed by atoms with E-state index < -0.39 is 16.4 Å². The number of amides is 1. The van der Waals surface area contributed by atoms with Crippen LogP contribution in [0.1, 0.15) is 24.5 Å². The molecule has 1 rings (SSSR count). The van der Waals surface area contributed by atoms with Gasteiger partial charge in [-0.2, -0.15) is 0 Å². The molecule has 0 aliphatic rings. The van der Waals surface area contributed by atoms with Crippen LogP contribution in [0.3, 0.4) is 0 Å². The first kappa shape index (κ1) is 16.9. The van der Waals surface area contributed by atoms with E-state index in [2.05, 4.69) is 5.32 Å². The Hall–Kier alpha value is -2.15. The minimum atomic E-state index is -0.844. The maximum Gasteiger partial charge on any atom is 0.272 e. The van der Waals surface area contributed by atoms with Crippen LogP contribution in [-0.4, -0.2) is 30.0 Å². The summed E-state index contributed by atoms with van der Waals surface area (Å²) in [6.07, 6.45) is 0.397. The van der Waals surface area contributed by atoms with Crippen molar-refractivity contribution in [3.05, 3.63) is 33.4 Å². The van der Waals surface area contributed by atoms with Crippen LogP contribution >= 0.6 is 0 Å². The highest BCUT2D eigenvalue weighted by Crippen LogP contribution is 2.28. The molecule has 0 bridgehead atoms. The molecule has 7 nitrogen and oxygen atoms in total. The fourth-order valence-corrected chi connectivity index (χ4v) is 1.86. The Morgan fingerprint density at radius 1 is 1.43 bits per heavy atom. The average molecular weight is 295 g/mol. The largest absolute Gasteiger partial charge is 0.493 e. The van der Waals surface area contributed by atoms with Gasteiger partial charge < -0.3 is 15.8 Å². The van der Waals surface area contributed by atoms with E-state index in [1.807, 2.05) is 0 Å². The summed E-state index contributed by atoms with van der Waals surface area (Å²) in [5.41, 5.74) is 5.77. The Labute approximate surface area is 123 Å². The zero-order chi connectivity index (χ0) is 16.2. The molecule has 0 heterocycles. The van der Waals surface area contributed by atoms with Gasteiger partial charge in [0.1, 0.15) is 5.75 Å². The molecular formula is C14H21N3O4. The Morgan fingerprint density at radius 3 is 2.52 bits per heavy atom. The fraction of sp³-hybridized carbons (Fsp3) is 0.500. The van der Waals surface area contributed by atoms with Crippen molar-refractivity contribution in [1.82, 2.24) is 5.32 Å². The van der Waals surface area contributed by atoms with Crippen LogP contribution in [-0.2, 0) is 4.79 Å². The molecule has 0 aliphatic heterocycles. The van der Waals surface area contributed by atoms with Crippen LogP contribution in [0.25, 0.3) is 0 Å². The predicted molar refractivity (Wildman–Crippen MR) is 79.3 cm³/mol. The topological polar surface area (TPSA) is 107 Å². The summed E-state index contributed by atoms with van der Waals surface area (Å²) in [5.74, 6) is 0.117. The van der Waals surface area contributed by atoms with Gasteiger partial charge in [0.05, 0.1) is 17.1 Å². The van der Waals surface area contributed by atoms with Crippen molar-refractivity contribution in [2.75, 3.05) is 13.7 Å². The molecule has 0 aromatic heterocycles. The molecule has 0 spiro atoms. The highest BCUT2D eigenvalue weighted by molar-refractivity contribution is 5.84. The van der Waals surface area contributed by atoms with E-state index >= 15 is 0 Å². The minimum Gasteiger partial charge on any atom is -0.493 e. The van der Waals surface area contributed by atoms with E-state index in [0.29, 0.717) is 23.3 Å². The Bertz CT molecular complexity index is 559. The van der Waals surface area contributed by atoms with Gasteiger partial charge in [-0.15, -0.1) is 0 Å². The van der Waals surface area contributed by atoms with E-state index in [0.717, 1.165) is 0 Å². The summed E-state index contributed by atoms with van der Waals surface area (Å²) in [7, 11) is 1.66. The molecule has 0 fully saturated rings. The molecule has 0 saturated heterocycles. The number of ether oxygens (including phenoxy) is 1. The van der Waals surface area contributed by atoms with Gasteiger partial charge in [0.25, 0.3) is 5.69 Å². The zero-order valence-corrected chi connectivity index (χ0v) is 12.7. The lowest BCUT2D eigenvalue weighted by Gasteiger charge is -2.25. The summed E-state index contributed by atoms with van der Waals surface area (Å²) in [4.78, 5) is 21.8. The molecule has 3 N–H and O–H groups in total. The van der Waals surface area contributed by atoms with Crippen molar-refractivity contribution in [2.45, 2.75) is 32.7 Å². The number of nitrogens with two attached hydrogens (primary N) is 1. The van der Waals surface area contributed by atoms with Gasteiger partial charge >= 0.3 is 0 Å². The molecule has 0 aliphatic carbocycles. The van der Waals surface area contributed by atoms with Crippen LogP contribution in [0.4, 0.5) is 5.69 Å². The zero-order valence-electron chi connectivity index (χ0n) is 12.7. The van der Waals surface area contributed by atoms with E-state index in [4.69, 9.17) is 10.5 Å². The van der Waals surface area contributed by atoms with Crippen molar-refractivity contribution < 1.29 is 14.5 Å². The number of nitro groups is 1. The summed E-state index contributed by atoms with van der Waals surface area (Å²) < 4.78 is 5.63. The van der Waals surface area contributed by atoms with E-state index in [1.165, 1.54) is 6.07 Å². The molecule has 21 heavy (non-hydrogen) atoms. The number of benzene rings is 1. The van der Waals surface area contributed by atoms with Crippen LogP contribution in [0, 0.1) is 24.0 Å². The number of primary amides is 1. The lowest BCUT2D eigenvalue weighted by atomic mass is 9.98. The van der Waals surface area contributed by atoms with Crippen LogP contribution < -0.4 is 15.8 Å². The molecule has 1 aromatic carbocycles. The fourth-order valence-electron chi connectivity index (χ4n) is 1.86. The second-order valence-electron chi connectivity index (χ2n) is 5.21. The highest BCUT2D eigenvalue weighted by Gasteiger charge is 2.28. The third-order valence-corrected chi connectivity index (χ3v) is 3.65. The van der Waals surface area contributed by atoms with Crippen molar-refractivity contribution in [1.29, 1.82) is 0 Å². The molecule has 116 valence electrons. The van der Waals surface area contributed by atoms with Crippen molar-refractivity contribution >= 4 is 11.6 Å². The number of carbonyl (C=O) groups excluding carboxylic acids is 1. The summed E-state index contributed by atoms with van der Waals surface area (Å²) >= 11 is 0. The van der Waals surface area contributed by atoms with Crippen molar-refractivity contribution in [2.24, 2.45) is 5.73 Å². The Kier molecular flexibility index (Phi) is 5.26. The second-order valence-corrected chi connectivity index (χ2v) is 5.21. The number of aryl methyl sites for hydroxylation is 2. The van der Waals surface area contributed by atoms with Crippen molar-refractivity contribution in [3.8, 4) is 5.75 Å². The van der Waals surface area contributed by atoms with Gasteiger partial charge in [-0.05, 0) is 39.4 Å². The van der Waals surface area contributed by atoms with Crippen LogP contribution in [0.5, 0.6) is 5.75 Å². The Balaban J connectivity index is 2.79. The SMILES string of the molecule is CNC(C)(CCOc1cc(C)c([N+](=O)[O-])cc1C)C(N)=O. The predicted octanol–water partition coefficient (Wildman–Crippen LogP) is 1.44. The summed E-state index contributed by atoms with van der Waals surface area (Å²) in [5, 5.41) is 13.7. The molecule has 1 amide bonds. The smallest absolute Gasteiger partial charge is 0.272 e. The molecule has 1 unspecified atom stereocenters. The molecule has 0 saturated carbocycles. The van der Waals surface area contributed by atoms with Gasteiger partial charge in [-0.25, -0.2) is 0 Å². The number of hydrogen-bond donors (Lipinski definition) is 2. The van der Waals surface area contributed by atoms with Gasteiger partial charge in [0.2, 0.25) is 5.91 Å².